The van der Waals surface area contributed by atoms with E-state index in [9.17, 15) is 21.8 Å². The Balaban J connectivity index is 2.06. The number of terminal acetylenes is 1. The first-order chi connectivity index (χ1) is 19.5. The Morgan fingerprint density at radius 3 is 2.71 bits per heavy atom. The van der Waals surface area contributed by atoms with Gasteiger partial charge in [0.1, 0.15) is 11.5 Å². The second-order valence-electron chi connectivity index (χ2n) is 7.84. The Bertz CT molecular complexity index is 1660. The summed E-state index contributed by atoms with van der Waals surface area (Å²) < 4.78 is 75.6. The molecular weight excluding hydrogens is 600 g/mol. The number of carboxylic acid groups (broad SMARTS) is 1. The van der Waals surface area contributed by atoms with Crippen molar-refractivity contribution >= 4 is 47.1 Å². The first kappa shape index (κ1) is 31.5. The lowest BCUT2D eigenvalue weighted by atomic mass is 10.3. The summed E-state index contributed by atoms with van der Waals surface area (Å²) >= 11 is 0. The number of carbonyl (C=O) groups is 1. The highest BCUT2D eigenvalue weighted by Crippen LogP contribution is 2.32. The number of ether oxygens (including phenoxy) is 4. The van der Waals surface area contributed by atoms with Crippen LogP contribution in [0, 0.1) is 12.3 Å². The van der Waals surface area contributed by atoms with Gasteiger partial charge in [-0.25, -0.2) is 22.2 Å². The number of pyridine rings is 1. The fourth-order valence-corrected chi connectivity index (χ4v) is 6.53. The van der Waals surface area contributed by atoms with E-state index in [1.54, 1.807) is 6.07 Å². The Morgan fingerprint density at radius 2 is 2.07 bits per heavy atom. The van der Waals surface area contributed by atoms with Crippen molar-refractivity contribution in [2.75, 3.05) is 26.6 Å². The lowest BCUT2D eigenvalue weighted by molar-refractivity contribution is -0.140. The van der Waals surface area contributed by atoms with Crippen LogP contribution in [0.1, 0.15) is 5.69 Å². The lowest BCUT2D eigenvalue weighted by Crippen LogP contribution is -2.19. The average Bonchev–Trinajstić information content (AvgIpc) is 3.31. The maximum Gasteiger partial charge on any atom is 0.341 e. The third-order valence-corrected chi connectivity index (χ3v) is 8.10. The molecule has 0 aliphatic heterocycles. The van der Waals surface area contributed by atoms with Crippen molar-refractivity contribution in [1.29, 1.82) is 0 Å². The molecular formula is C25H25FN3O9PS2. The van der Waals surface area contributed by atoms with Gasteiger partial charge in [0.2, 0.25) is 21.3 Å². The molecule has 0 bridgehead atoms. The van der Waals surface area contributed by atoms with E-state index in [0.29, 0.717) is 5.75 Å². The Kier molecular flexibility index (Phi) is 10.8. The van der Waals surface area contributed by atoms with E-state index >= 15 is 0 Å². The summed E-state index contributed by atoms with van der Waals surface area (Å²) in [7, 11) is -1.75. The van der Waals surface area contributed by atoms with E-state index in [4.69, 9.17) is 30.5 Å². The predicted octanol–water partition coefficient (Wildman–Crippen LogP) is 2.62. The molecule has 41 heavy (non-hydrogen) atoms. The lowest BCUT2D eigenvalue weighted by Gasteiger charge is -2.12. The number of aliphatic carboxylic acids is 1. The Hall–Kier alpha value is -3.99. The first-order valence-corrected chi connectivity index (χ1v) is 15.0. The van der Waals surface area contributed by atoms with Crippen LogP contribution in [0.3, 0.4) is 0 Å². The maximum absolute atomic E-state index is 13.6. The SMILES string of the molecule is C#C/C=C(\C=C/CS(=O)(=O)n1c(S(=O)Cc2nccc(OC)c2OC)nc2cc(OC(F)P)ccc21)OCC(=O)O. The molecule has 0 aliphatic carbocycles. The highest BCUT2D eigenvalue weighted by atomic mass is 32.2. The van der Waals surface area contributed by atoms with E-state index < -0.39 is 45.3 Å². The predicted molar refractivity (Wildman–Crippen MR) is 151 cm³/mol. The number of rotatable bonds is 14. The third-order valence-electron chi connectivity index (χ3n) is 5.10. The molecule has 0 radical (unpaired) electrons. The maximum atomic E-state index is 13.6. The first-order valence-electron chi connectivity index (χ1n) is 11.4. The summed E-state index contributed by atoms with van der Waals surface area (Å²) in [5.41, 5.74) is 0.362. The van der Waals surface area contributed by atoms with Crippen LogP contribution in [0.15, 0.2) is 59.6 Å². The van der Waals surface area contributed by atoms with Gasteiger partial charge in [-0.15, -0.1) is 6.42 Å². The molecule has 3 rings (SSSR count). The third kappa shape index (κ3) is 8.03. The van der Waals surface area contributed by atoms with E-state index in [1.165, 1.54) is 50.8 Å². The summed E-state index contributed by atoms with van der Waals surface area (Å²) in [4.78, 5) is 19.3. The molecule has 3 atom stereocenters. The van der Waals surface area contributed by atoms with Crippen molar-refractivity contribution < 1.29 is 45.9 Å². The molecule has 1 aromatic carbocycles. The molecule has 3 unspecified atom stereocenters. The largest absolute Gasteiger partial charge is 0.493 e. The van der Waals surface area contributed by atoms with Crippen molar-refractivity contribution in [2.45, 2.75) is 17.0 Å². The molecule has 0 amide bonds. The van der Waals surface area contributed by atoms with Crippen LogP contribution in [-0.4, -0.2) is 70.3 Å². The molecule has 16 heteroatoms. The molecule has 0 spiro atoms. The topological polar surface area (TPSA) is 156 Å². The molecule has 0 saturated heterocycles. The number of hydrogen-bond donors (Lipinski definition) is 1. The summed E-state index contributed by atoms with van der Waals surface area (Å²) in [6.07, 6.45) is 8.43. The number of fused-ring (bicyclic) bond motifs is 1. The van der Waals surface area contributed by atoms with E-state index in [0.717, 1.165) is 10.0 Å². The van der Waals surface area contributed by atoms with Gasteiger partial charge >= 0.3 is 5.97 Å². The minimum atomic E-state index is -4.29. The zero-order valence-corrected chi connectivity index (χ0v) is 24.5. The van der Waals surface area contributed by atoms with Crippen LogP contribution in [0.5, 0.6) is 17.2 Å². The summed E-state index contributed by atoms with van der Waals surface area (Å²) in [6, 6.07) is 5.55. The van der Waals surface area contributed by atoms with Gasteiger partial charge < -0.3 is 24.1 Å². The number of allylic oxidation sites excluding steroid dienone is 2. The minimum Gasteiger partial charge on any atom is -0.493 e. The van der Waals surface area contributed by atoms with Crippen LogP contribution in [0.2, 0.25) is 0 Å². The Labute approximate surface area is 239 Å². The number of aromatic nitrogens is 3. The number of carboxylic acids is 1. The number of halogens is 1. The summed E-state index contributed by atoms with van der Waals surface area (Å²) in [5.74, 6) is 0.560. The number of alkyl halides is 1. The molecule has 2 heterocycles. The van der Waals surface area contributed by atoms with E-state index in [-0.39, 0.29) is 44.9 Å². The van der Waals surface area contributed by atoms with Crippen molar-refractivity contribution in [3.8, 4) is 29.6 Å². The van der Waals surface area contributed by atoms with Crippen molar-refractivity contribution in [3.05, 3.63) is 60.1 Å². The molecule has 1 N–H and O–H groups in total. The van der Waals surface area contributed by atoms with Crippen molar-refractivity contribution in [1.82, 2.24) is 13.9 Å². The number of nitrogens with zero attached hydrogens (tertiary/aromatic N) is 3. The van der Waals surface area contributed by atoms with Crippen LogP contribution in [0.4, 0.5) is 4.39 Å². The fraction of sp³-hybridized carbons (Fsp3) is 0.240. The average molecular weight is 626 g/mol. The number of imidazole rings is 1. The van der Waals surface area contributed by atoms with Crippen molar-refractivity contribution in [3.63, 3.8) is 0 Å². The van der Waals surface area contributed by atoms with Gasteiger partial charge in [-0.3, -0.25) is 9.19 Å². The number of benzene rings is 1. The molecule has 12 nitrogen and oxygen atoms in total. The van der Waals surface area contributed by atoms with Crippen LogP contribution in [0.25, 0.3) is 11.0 Å². The number of hydrogen-bond acceptors (Lipinski definition) is 10. The van der Waals surface area contributed by atoms with Crippen molar-refractivity contribution in [2.24, 2.45) is 0 Å². The van der Waals surface area contributed by atoms with Gasteiger partial charge in [0.25, 0.3) is 0 Å². The fourth-order valence-electron chi connectivity index (χ4n) is 3.50. The second-order valence-corrected chi connectivity index (χ2v) is 11.6. The van der Waals surface area contributed by atoms with E-state index in [2.05, 4.69) is 15.9 Å². The van der Waals surface area contributed by atoms with Gasteiger partial charge in [0.15, 0.2) is 18.1 Å². The minimum absolute atomic E-state index is 0.0550. The summed E-state index contributed by atoms with van der Waals surface area (Å²) in [6.45, 7) is -0.692. The quantitative estimate of drug-likeness (QED) is 0.122. The molecule has 3 aromatic rings. The smallest absolute Gasteiger partial charge is 0.341 e. The summed E-state index contributed by atoms with van der Waals surface area (Å²) in [5, 5.41) is 8.48. The van der Waals surface area contributed by atoms with Gasteiger partial charge in [0, 0.05) is 24.4 Å². The van der Waals surface area contributed by atoms with Crippen LogP contribution < -0.4 is 14.2 Å². The zero-order valence-electron chi connectivity index (χ0n) is 21.7. The second kappa shape index (κ2) is 14.1. The van der Waals surface area contributed by atoms with Crippen LogP contribution in [-0.2, 0) is 36.1 Å². The highest BCUT2D eigenvalue weighted by Gasteiger charge is 2.27. The van der Waals surface area contributed by atoms with E-state index in [1.807, 2.05) is 9.24 Å². The normalized spacial score (nSPS) is 13.5. The van der Waals surface area contributed by atoms with Gasteiger partial charge in [0.05, 0.1) is 53.3 Å². The standard InChI is InChI=1S/C25H25FN3O9PS2/c1-4-6-16(37-14-22(30)31)7-5-12-41(33,34)29-20-9-8-17(38-24(26)39)13-18(20)28-25(29)40(32)15-19-23(36-3)21(35-2)10-11-27-19/h1,5-11,13,24H,12,14-15,39H2,2-3H3,(H,30,31)/b7-5-,16-6+. The molecule has 218 valence electrons. The molecule has 0 fully saturated rings. The Morgan fingerprint density at radius 1 is 1.32 bits per heavy atom. The zero-order chi connectivity index (χ0) is 30.2. The van der Waals surface area contributed by atoms with Crippen LogP contribution >= 0.6 is 9.24 Å². The highest BCUT2D eigenvalue weighted by molar-refractivity contribution is 7.91. The van der Waals surface area contributed by atoms with Gasteiger partial charge in [-0.05, 0) is 18.2 Å². The monoisotopic (exact) mass is 625 g/mol. The molecule has 2 aromatic heterocycles. The van der Waals surface area contributed by atoms with Gasteiger partial charge in [-0.1, -0.05) is 21.2 Å². The molecule has 0 saturated carbocycles. The van der Waals surface area contributed by atoms with Gasteiger partial charge in [-0.2, -0.15) is 4.39 Å². The number of methoxy groups -OCH3 is 2. The molecule has 0 aliphatic rings.